The van der Waals surface area contributed by atoms with E-state index in [1.807, 2.05) is 7.05 Å². The second kappa shape index (κ2) is 11.7. The predicted molar refractivity (Wildman–Crippen MR) is 137 cm³/mol. The van der Waals surface area contributed by atoms with Gasteiger partial charge in [0.2, 0.25) is 5.82 Å². The Morgan fingerprint density at radius 2 is 1.71 bits per heavy atom. The van der Waals surface area contributed by atoms with E-state index in [2.05, 4.69) is 15.3 Å². The Kier molecular flexibility index (Phi) is 8.17. The topological polar surface area (TPSA) is 118 Å². The number of benzene rings is 2. The molecule has 38 heavy (non-hydrogen) atoms. The van der Waals surface area contributed by atoms with Crippen molar-refractivity contribution in [2.45, 2.75) is 6.92 Å². The van der Waals surface area contributed by atoms with Crippen LogP contribution < -0.4 is 30.0 Å². The second-order valence-electron chi connectivity index (χ2n) is 7.95. The molecule has 2 aromatic carbocycles. The number of pyridine rings is 2. The van der Waals surface area contributed by atoms with E-state index < -0.39 is 17.5 Å². The largest absolute Gasteiger partial charge is 0.493 e. The van der Waals surface area contributed by atoms with E-state index in [0.29, 0.717) is 35.6 Å². The zero-order chi connectivity index (χ0) is 27.2. The molecule has 0 aliphatic heterocycles. The molecule has 0 saturated carbocycles. The Balaban J connectivity index is 1.73. The van der Waals surface area contributed by atoms with Gasteiger partial charge in [-0.3, -0.25) is 14.8 Å². The Hall–Kier alpha value is -4.51. The number of carbonyl (C=O) groups excluding carboxylic acids is 1. The van der Waals surface area contributed by atoms with E-state index in [4.69, 9.17) is 24.7 Å². The number of fused-ring (bicyclic) bond motifs is 1. The summed E-state index contributed by atoms with van der Waals surface area (Å²) in [6.07, 6.45) is 2.80. The first-order valence-corrected chi connectivity index (χ1v) is 11.7. The molecule has 0 saturated heterocycles. The third-order valence-corrected chi connectivity index (χ3v) is 5.58. The lowest BCUT2D eigenvalue weighted by Crippen LogP contribution is -2.16. The maximum absolute atomic E-state index is 15.3. The molecular formula is C27H26F2N4O5. The number of rotatable bonds is 11. The van der Waals surface area contributed by atoms with E-state index in [9.17, 15) is 4.79 Å². The number of likely N-dealkylation sites (N-methyl/N-ethyl adjacent to an activating group) is 1. The molecular weight excluding hydrogens is 498 g/mol. The first kappa shape index (κ1) is 26.6. The summed E-state index contributed by atoms with van der Waals surface area (Å²) in [7, 11) is 3.30. The maximum Gasteiger partial charge on any atom is 0.254 e. The van der Waals surface area contributed by atoms with Gasteiger partial charge in [0.05, 0.1) is 24.9 Å². The van der Waals surface area contributed by atoms with Gasteiger partial charge in [-0.1, -0.05) is 0 Å². The Morgan fingerprint density at radius 3 is 2.42 bits per heavy atom. The lowest BCUT2D eigenvalue weighted by Gasteiger charge is -2.15. The molecule has 0 spiro atoms. The number of methoxy groups -OCH3 is 1. The summed E-state index contributed by atoms with van der Waals surface area (Å²) in [6, 6.07) is 8.78. The van der Waals surface area contributed by atoms with Crippen LogP contribution in [0.25, 0.3) is 22.2 Å². The van der Waals surface area contributed by atoms with E-state index >= 15 is 8.78 Å². The minimum atomic E-state index is -1.27. The van der Waals surface area contributed by atoms with Gasteiger partial charge in [-0.15, -0.1) is 0 Å². The first-order chi connectivity index (χ1) is 18.4. The molecule has 9 nitrogen and oxygen atoms in total. The van der Waals surface area contributed by atoms with E-state index in [0.717, 1.165) is 0 Å². The summed E-state index contributed by atoms with van der Waals surface area (Å²) in [5.41, 5.74) is 5.44. The number of aromatic nitrogens is 2. The molecule has 2 heterocycles. The van der Waals surface area contributed by atoms with Crippen LogP contribution in [0, 0.1) is 11.6 Å². The van der Waals surface area contributed by atoms with Crippen molar-refractivity contribution in [2.75, 3.05) is 33.9 Å². The van der Waals surface area contributed by atoms with Gasteiger partial charge < -0.3 is 30.0 Å². The van der Waals surface area contributed by atoms with E-state index in [1.54, 1.807) is 19.1 Å². The summed E-state index contributed by atoms with van der Waals surface area (Å²) in [5.74, 6) is -2.56. The Morgan fingerprint density at radius 1 is 0.947 bits per heavy atom. The summed E-state index contributed by atoms with van der Waals surface area (Å²) >= 11 is 0. The van der Waals surface area contributed by atoms with Gasteiger partial charge in [0.15, 0.2) is 23.1 Å². The third-order valence-electron chi connectivity index (χ3n) is 5.58. The Labute approximate surface area is 217 Å². The van der Waals surface area contributed by atoms with Crippen molar-refractivity contribution >= 4 is 16.8 Å². The van der Waals surface area contributed by atoms with Crippen molar-refractivity contribution in [1.29, 1.82) is 0 Å². The molecule has 2 aromatic heterocycles. The maximum atomic E-state index is 15.3. The standard InChI is InChI=1S/C27H26F2N4O5/c1-4-36-19-8-10-33-26(23(19)27(30)34)15-5-6-20(25(29)24(15)28)38-18-7-9-32-17-14-22(37-12-11-31-2)21(35-3)13-16(17)18/h5-10,13-14,31H,4,11-12H2,1-3H3,(H2,30,34). The van der Waals surface area contributed by atoms with Crippen LogP contribution in [-0.4, -0.2) is 49.8 Å². The normalized spacial score (nSPS) is 10.9. The van der Waals surface area contributed by atoms with E-state index in [-0.39, 0.29) is 40.7 Å². The number of nitrogens with one attached hydrogen (secondary N) is 1. The number of carbonyl (C=O) groups is 1. The van der Waals surface area contributed by atoms with Crippen LogP contribution in [0.15, 0.2) is 48.8 Å². The highest BCUT2D eigenvalue weighted by Gasteiger charge is 2.24. The molecule has 3 N–H and O–H groups in total. The van der Waals surface area contributed by atoms with Gasteiger partial charge in [0, 0.05) is 36.0 Å². The minimum absolute atomic E-state index is 0.122. The Bertz CT molecular complexity index is 1480. The lowest BCUT2D eigenvalue weighted by atomic mass is 10.0. The van der Waals surface area contributed by atoms with Gasteiger partial charge >= 0.3 is 0 Å². The van der Waals surface area contributed by atoms with Crippen LogP contribution >= 0.6 is 0 Å². The number of nitrogens with zero attached hydrogens (tertiary/aromatic N) is 2. The van der Waals surface area contributed by atoms with Crippen LogP contribution in [0.2, 0.25) is 0 Å². The molecule has 0 aliphatic carbocycles. The zero-order valence-electron chi connectivity index (χ0n) is 21.0. The number of hydrogen-bond donors (Lipinski definition) is 2. The van der Waals surface area contributed by atoms with E-state index in [1.165, 1.54) is 43.8 Å². The number of halogens is 2. The molecule has 4 aromatic rings. The van der Waals surface area contributed by atoms with Crippen molar-refractivity contribution in [3.05, 3.63) is 66.0 Å². The van der Waals surface area contributed by atoms with Gasteiger partial charge in [-0.2, -0.15) is 4.39 Å². The molecule has 11 heteroatoms. The summed E-state index contributed by atoms with van der Waals surface area (Å²) < 4.78 is 52.9. The second-order valence-corrected chi connectivity index (χ2v) is 7.95. The molecule has 198 valence electrons. The molecule has 0 unspecified atom stereocenters. The summed E-state index contributed by atoms with van der Waals surface area (Å²) in [4.78, 5) is 20.5. The monoisotopic (exact) mass is 524 g/mol. The van der Waals surface area contributed by atoms with Crippen LogP contribution in [0.3, 0.4) is 0 Å². The fraction of sp³-hybridized carbons (Fsp3) is 0.222. The molecule has 1 amide bonds. The van der Waals surface area contributed by atoms with Gasteiger partial charge in [-0.25, -0.2) is 4.39 Å². The van der Waals surface area contributed by atoms with Crippen LogP contribution in [0.5, 0.6) is 28.7 Å². The third kappa shape index (κ3) is 5.28. The summed E-state index contributed by atoms with van der Waals surface area (Å²) in [5, 5.41) is 3.49. The molecule has 0 fully saturated rings. The molecule has 4 rings (SSSR count). The van der Waals surface area contributed by atoms with Gasteiger partial charge in [0.1, 0.15) is 23.7 Å². The quantitative estimate of drug-likeness (QED) is 0.276. The first-order valence-electron chi connectivity index (χ1n) is 11.7. The molecule has 0 aliphatic rings. The molecule has 0 atom stereocenters. The zero-order valence-corrected chi connectivity index (χ0v) is 21.0. The summed E-state index contributed by atoms with van der Waals surface area (Å²) in [6.45, 7) is 2.99. The van der Waals surface area contributed by atoms with Crippen molar-refractivity contribution < 1.29 is 32.5 Å². The highest BCUT2D eigenvalue weighted by atomic mass is 19.2. The van der Waals surface area contributed by atoms with Crippen molar-refractivity contribution in [1.82, 2.24) is 15.3 Å². The van der Waals surface area contributed by atoms with Crippen LogP contribution in [0.4, 0.5) is 8.78 Å². The number of hydrogen-bond acceptors (Lipinski definition) is 8. The minimum Gasteiger partial charge on any atom is -0.493 e. The highest BCUT2D eigenvalue weighted by Crippen LogP contribution is 2.39. The van der Waals surface area contributed by atoms with Crippen molar-refractivity contribution in [2.24, 2.45) is 5.73 Å². The molecule has 0 bridgehead atoms. The van der Waals surface area contributed by atoms with Crippen molar-refractivity contribution in [3.63, 3.8) is 0 Å². The van der Waals surface area contributed by atoms with Crippen LogP contribution in [-0.2, 0) is 0 Å². The fourth-order valence-electron chi connectivity index (χ4n) is 3.83. The number of nitrogens with two attached hydrogens (primary N) is 1. The average molecular weight is 525 g/mol. The van der Waals surface area contributed by atoms with Crippen LogP contribution in [0.1, 0.15) is 17.3 Å². The average Bonchev–Trinajstić information content (AvgIpc) is 2.91. The predicted octanol–water partition coefficient (Wildman–Crippen LogP) is 4.47. The van der Waals surface area contributed by atoms with Gasteiger partial charge in [0.25, 0.3) is 5.91 Å². The van der Waals surface area contributed by atoms with Crippen molar-refractivity contribution in [3.8, 4) is 40.0 Å². The fourth-order valence-corrected chi connectivity index (χ4v) is 3.83. The lowest BCUT2D eigenvalue weighted by molar-refractivity contribution is 0.0997. The van der Waals surface area contributed by atoms with Gasteiger partial charge in [-0.05, 0) is 44.3 Å². The highest BCUT2D eigenvalue weighted by molar-refractivity contribution is 6.01. The SMILES string of the molecule is CCOc1ccnc(-c2ccc(Oc3ccnc4cc(OCCNC)c(OC)cc34)c(F)c2F)c1C(N)=O. The molecule has 0 radical (unpaired) electrons. The number of primary amides is 1. The number of ether oxygens (including phenoxy) is 4. The smallest absolute Gasteiger partial charge is 0.254 e. The number of amides is 1.